The van der Waals surface area contributed by atoms with Crippen LogP contribution in [-0.2, 0) is 4.79 Å². The second-order valence-corrected chi connectivity index (χ2v) is 5.26. The van der Waals surface area contributed by atoms with Gasteiger partial charge in [-0.15, -0.1) is 11.8 Å². The fourth-order valence-electron chi connectivity index (χ4n) is 0.940. The monoisotopic (exact) mass is 243 g/mol. The van der Waals surface area contributed by atoms with E-state index in [1.807, 2.05) is 12.1 Å². The molecule has 0 spiro atoms. The van der Waals surface area contributed by atoms with E-state index in [-0.39, 0.29) is 5.75 Å². The van der Waals surface area contributed by atoms with Crippen LogP contribution >= 0.6 is 24.4 Å². The number of nitrogen functional groups attached to an aromatic ring is 1. The zero-order chi connectivity index (χ0) is 11.5. The Morgan fingerprint density at radius 1 is 1.53 bits per heavy atom. The second-order valence-electron chi connectivity index (χ2n) is 3.37. The lowest BCUT2D eigenvalue weighted by molar-refractivity contribution is -0.138. The Hall–Kier alpha value is -0.810. The number of carboxylic acids is 1. The first-order chi connectivity index (χ1) is 6.98. The molecule has 82 valence electrons. The predicted octanol–water partition coefficient (Wildman–Crippen LogP) is 2.13. The van der Waals surface area contributed by atoms with E-state index in [1.165, 1.54) is 11.8 Å². The summed E-state index contributed by atoms with van der Waals surface area (Å²) >= 11 is 5.34. The van der Waals surface area contributed by atoms with Crippen LogP contribution in [0.4, 0.5) is 5.69 Å². The van der Waals surface area contributed by atoms with Gasteiger partial charge in [-0.1, -0.05) is 0 Å². The van der Waals surface area contributed by atoms with E-state index in [4.69, 9.17) is 10.8 Å². The lowest BCUT2D eigenvalue weighted by Gasteiger charge is -2.21. The summed E-state index contributed by atoms with van der Waals surface area (Å²) in [4.78, 5) is 11.9. The highest BCUT2D eigenvalue weighted by Crippen LogP contribution is 2.34. The predicted molar refractivity (Wildman–Crippen MR) is 66.6 cm³/mol. The van der Waals surface area contributed by atoms with E-state index in [9.17, 15) is 4.79 Å². The van der Waals surface area contributed by atoms with Gasteiger partial charge in [-0.2, -0.15) is 12.6 Å². The number of anilines is 1. The van der Waals surface area contributed by atoms with E-state index in [1.54, 1.807) is 19.1 Å². The normalized spacial score (nSPS) is 14.5. The van der Waals surface area contributed by atoms with Crippen molar-refractivity contribution < 1.29 is 9.90 Å². The minimum Gasteiger partial charge on any atom is -0.480 e. The van der Waals surface area contributed by atoms with Crippen LogP contribution in [0, 0.1) is 0 Å². The fourth-order valence-corrected chi connectivity index (χ4v) is 2.21. The number of aliphatic carboxylic acids is 1. The molecule has 3 N–H and O–H groups in total. The molecule has 15 heavy (non-hydrogen) atoms. The van der Waals surface area contributed by atoms with Crippen molar-refractivity contribution in [3.8, 4) is 0 Å². The van der Waals surface area contributed by atoms with Crippen LogP contribution in [0.15, 0.2) is 29.2 Å². The Morgan fingerprint density at radius 2 is 2.07 bits per heavy atom. The summed E-state index contributed by atoms with van der Waals surface area (Å²) in [5.41, 5.74) is 6.21. The maximum atomic E-state index is 11.0. The van der Waals surface area contributed by atoms with E-state index >= 15 is 0 Å². The molecule has 1 aromatic carbocycles. The number of hydrogen-bond acceptors (Lipinski definition) is 4. The van der Waals surface area contributed by atoms with E-state index < -0.39 is 10.7 Å². The molecule has 3 nitrogen and oxygen atoms in total. The molecule has 1 aromatic rings. The quantitative estimate of drug-likeness (QED) is 0.431. The highest BCUT2D eigenvalue weighted by Gasteiger charge is 2.32. The molecule has 0 aliphatic heterocycles. The first-order valence-electron chi connectivity index (χ1n) is 4.37. The standard InChI is InChI=1S/C10H13NO2S2/c1-10(6-14,9(12)13)15-8-4-2-7(11)3-5-8/h2-5,14H,6,11H2,1H3,(H,12,13). The highest BCUT2D eigenvalue weighted by atomic mass is 32.2. The van der Waals surface area contributed by atoms with Crippen LogP contribution in [0.5, 0.6) is 0 Å². The first kappa shape index (κ1) is 12.3. The van der Waals surface area contributed by atoms with Gasteiger partial charge in [0.15, 0.2) is 0 Å². The second kappa shape index (κ2) is 4.81. The minimum atomic E-state index is -0.904. The molecule has 0 aliphatic carbocycles. The number of benzene rings is 1. The SMILES string of the molecule is CC(CS)(Sc1ccc(N)cc1)C(=O)O. The number of nitrogens with two attached hydrogens (primary N) is 1. The van der Waals surface area contributed by atoms with E-state index in [0.717, 1.165) is 4.90 Å². The van der Waals surface area contributed by atoms with Crippen molar-refractivity contribution in [2.45, 2.75) is 16.6 Å². The molecule has 0 saturated carbocycles. The molecule has 0 saturated heterocycles. The summed E-state index contributed by atoms with van der Waals surface area (Å²) in [6.45, 7) is 1.66. The first-order valence-corrected chi connectivity index (χ1v) is 5.81. The molecule has 5 heteroatoms. The molecule has 0 aliphatic rings. The summed E-state index contributed by atoms with van der Waals surface area (Å²) < 4.78 is -0.904. The maximum absolute atomic E-state index is 11.0. The summed E-state index contributed by atoms with van der Waals surface area (Å²) in [6, 6.07) is 7.13. The third kappa shape index (κ3) is 3.07. The van der Waals surface area contributed by atoms with Gasteiger partial charge >= 0.3 is 5.97 Å². The Bertz CT molecular complexity index is 353. The Labute approximate surface area is 98.5 Å². The fraction of sp³-hybridized carbons (Fsp3) is 0.300. The topological polar surface area (TPSA) is 63.3 Å². The van der Waals surface area contributed by atoms with Gasteiger partial charge in [-0.3, -0.25) is 4.79 Å². The number of carbonyl (C=O) groups is 1. The smallest absolute Gasteiger partial charge is 0.320 e. The van der Waals surface area contributed by atoms with Crippen molar-refractivity contribution >= 4 is 36.0 Å². The van der Waals surface area contributed by atoms with Crippen LogP contribution < -0.4 is 5.73 Å². The number of rotatable bonds is 4. The lowest BCUT2D eigenvalue weighted by Crippen LogP contribution is -2.33. The molecule has 1 unspecified atom stereocenters. The molecule has 0 aromatic heterocycles. The Morgan fingerprint density at radius 3 is 2.47 bits per heavy atom. The molecule has 1 atom stereocenters. The van der Waals surface area contributed by atoms with Gasteiger partial charge in [0.1, 0.15) is 4.75 Å². The molecule has 0 amide bonds. The van der Waals surface area contributed by atoms with E-state index in [0.29, 0.717) is 5.69 Å². The van der Waals surface area contributed by atoms with Crippen molar-refractivity contribution in [2.24, 2.45) is 0 Å². The van der Waals surface area contributed by atoms with E-state index in [2.05, 4.69) is 12.6 Å². The zero-order valence-electron chi connectivity index (χ0n) is 8.30. The number of thiol groups is 1. The van der Waals surface area contributed by atoms with Gasteiger partial charge < -0.3 is 10.8 Å². The largest absolute Gasteiger partial charge is 0.480 e. The van der Waals surface area contributed by atoms with Crippen molar-refractivity contribution in [3.05, 3.63) is 24.3 Å². The van der Waals surface area contributed by atoms with Crippen molar-refractivity contribution in [1.29, 1.82) is 0 Å². The zero-order valence-corrected chi connectivity index (χ0v) is 10.0. The molecule has 0 bridgehead atoms. The summed E-state index contributed by atoms with van der Waals surface area (Å²) in [5.74, 6) is -0.587. The van der Waals surface area contributed by atoms with Crippen molar-refractivity contribution in [2.75, 3.05) is 11.5 Å². The van der Waals surface area contributed by atoms with Crippen LogP contribution in [0.1, 0.15) is 6.92 Å². The van der Waals surface area contributed by atoms with Gasteiger partial charge in [0.05, 0.1) is 0 Å². The lowest BCUT2D eigenvalue weighted by atomic mass is 10.2. The molecular formula is C10H13NO2S2. The van der Waals surface area contributed by atoms with Gasteiger partial charge in [0.2, 0.25) is 0 Å². The van der Waals surface area contributed by atoms with Crippen LogP contribution in [-0.4, -0.2) is 21.6 Å². The molecule has 1 rings (SSSR count). The van der Waals surface area contributed by atoms with Crippen LogP contribution in [0.2, 0.25) is 0 Å². The number of carboxylic acid groups (broad SMARTS) is 1. The van der Waals surface area contributed by atoms with Gasteiger partial charge in [0, 0.05) is 16.3 Å². The molecular weight excluding hydrogens is 230 g/mol. The molecule has 0 radical (unpaired) electrons. The number of thioether (sulfide) groups is 1. The molecule has 0 heterocycles. The van der Waals surface area contributed by atoms with Crippen LogP contribution in [0.25, 0.3) is 0 Å². The highest BCUT2D eigenvalue weighted by molar-refractivity contribution is 8.02. The van der Waals surface area contributed by atoms with Crippen molar-refractivity contribution in [3.63, 3.8) is 0 Å². The minimum absolute atomic E-state index is 0.275. The average Bonchev–Trinajstić information content (AvgIpc) is 2.21. The third-order valence-corrected chi connectivity index (χ3v) is 4.10. The third-order valence-electron chi connectivity index (χ3n) is 1.98. The van der Waals surface area contributed by atoms with Crippen LogP contribution in [0.3, 0.4) is 0 Å². The molecule has 0 fully saturated rings. The summed E-state index contributed by atoms with van der Waals surface area (Å²) in [5, 5.41) is 9.05. The summed E-state index contributed by atoms with van der Waals surface area (Å²) in [6.07, 6.45) is 0. The average molecular weight is 243 g/mol. The van der Waals surface area contributed by atoms with Gasteiger partial charge in [-0.25, -0.2) is 0 Å². The number of hydrogen-bond donors (Lipinski definition) is 3. The van der Waals surface area contributed by atoms with Crippen molar-refractivity contribution in [1.82, 2.24) is 0 Å². The van der Waals surface area contributed by atoms with Gasteiger partial charge in [0.25, 0.3) is 0 Å². The summed E-state index contributed by atoms with van der Waals surface area (Å²) in [7, 11) is 0. The maximum Gasteiger partial charge on any atom is 0.320 e. The Balaban J connectivity index is 2.84. The Kier molecular flexibility index (Phi) is 3.93. The van der Waals surface area contributed by atoms with Gasteiger partial charge in [-0.05, 0) is 31.2 Å².